The van der Waals surface area contributed by atoms with Crippen molar-refractivity contribution in [2.24, 2.45) is 5.14 Å². The number of sulfonamides is 1. The molecule has 1 atom stereocenters. The fourth-order valence-corrected chi connectivity index (χ4v) is 2.59. The second-order valence-electron chi connectivity index (χ2n) is 4.55. The zero-order valence-corrected chi connectivity index (χ0v) is 12.1. The molecule has 1 heterocycles. The van der Waals surface area contributed by atoms with Gasteiger partial charge >= 0.3 is 0 Å². The molecule has 0 aliphatic rings. The first-order valence-corrected chi connectivity index (χ1v) is 7.94. The number of nitrogens with one attached hydrogen (secondary N) is 1. The van der Waals surface area contributed by atoms with E-state index in [9.17, 15) is 8.42 Å². The van der Waals surface area contributed by atoms with Crippen LogP contribution in [0.4, 0.5) is 0 Å². The fourth-order valence-electron chi connectivity index (χ4n) is 2.01. The second-order valence-corrected chi connectivity index (χ2v) is 6.11. The van der Waals surface area contributed by atoms with E-state index in [1.165, 1.54) is 6.07 Å². The van der Waals surface area contributed by atoms with Gasteiger partial charge < -0.3 is 9.73 Å². The van der Waals surface area contributed by atoms with E-state index in [2.05, 4.69) is 12.2 Å². The summed E-state index contributed by atoms with van der Waals surface area (Å²) in [6.07, 6.45) is 2.52. The van der Waals surface area contributed by atoms with E-state index in [1.54, 1.807) is 18.4 Å². The summed E-state index contributed by atoms with van der Waals surface area (Å²) in [5.74, 6) is 0.870. The van der Waals surface area contributed by atoms with Crippen LogP contribution < -0.4 is 10.5 Å². The molecule has 0 radical (unpaired) electrons. The molecule has 0 spiro atoms. The van der Waals surface area contributed by atoms with Gasteiger partial charge in [0.05, 0.1) is 17.2 Å². The van der Waals surface area contributed by atoms with Crippen molar-refractivity contribution in [1.82, 2.24) is 5.32 Å². The van der Waals surface area contributed by atoms with Crippen molar-refractivity contribution in [3.8, 4) is 0 Å². The number of nitrogens with two attached hydrogens (primary N) is 1. The highest BCUT2D eigenvalue weighted by atomic mass is 32.2. The highest BCUT2D eigenvalue weighted by Crippen LogP contribution is 2.18. The van der Waals surface area contributed by atoms with Crippen LogP contribution in [0.15, 0.2) is 52.0 Å². The third-order valence-electron chi connectivity index (χ3n) is 3.07. The number of hydrogen-bond donors (Lipinski definition) is 2. The van der Waals surface area contributed by atoms with Gasteiger partial charge in [0.2, 0.25) is 10.0 Å². The van der Waals surface area contributed by atoms with E-state index in [0.29, 0.717) is 6.54 Å². The van der Waals surface area contributed by atoms with Crippen LogP contribution >= 0.6 is 0 Å². The Morgan fingerprint density at radius 1 is 1.30 bits per heavy atom. The van der Waals surface area contributed by atoms with Gasteiger partial charge in [-0.3, -0.25) is 0 Å². The van der Waals surface area contributed by atoms with E-state index < -0.39 is 10.0 Å². The van der Waals surface area contributed by atoms with Crippen LogP contribution in [-0.2, 0) is 16.6 Å². The summed E-state index contributed by atoms with van der Waals surface area (Å²) < 4.78 is 28.0. The first-order chi connectivity index (χ1) is 9.50. The van der Waals surface area contributed by atoms with Crippen molar-refractivity contribution < 1.29 is 12.8 Å². The van der Waals surface area contributed by atoms with Gasteiger partial charge in [0.15, 0.2) is 0 Å². The van der Waals surface area contributed by atoms with Gasteiger partial charge in [-0.15, -0.1) is 0 Å². The molecular weight excluding hydrogens is 276 g/mol. The van der Waals surface area contributed by atoms with Crippen LogP contribution in [-0.4, -0.2) is 8.42 Å². The monoisotopic (exact) mass is 294 g/mol. The lowest BCUT2D eigenvalue weighted by Gasteiger charge is -2.14. The van der Waals surface area contributed by atoms with Gasteiger partial charge in [0.25, 0.3) is 0 Å². The van der Waals surface area contributed by atoms with Gasteiger partial charge in [-0.2, -0.15) is 0 Å². The van der Waals surface area contributed by atoms with E-state index in [0.717, 1.165) is 17.7 Å². The molecule has 1 unspecified atom stereocenters. The third-order valence-corrected chi connectivity index (χ3v) is 3.99. The van der Waals surface area contributed by atoms with Crippen LogP contribution in [0, 0.1) is 0 Å². The Bertz CT molecular complexity index is 651. The molecule has 0 saturated carbocycles. The minimum Gasteiger partial charge on any atom is -0.468 e. The largest absolute Gasteiger partial charge is 0.468 e. The Labute approximate surface area is 118 Å². The van der Waals surface area contributed by atoms with E-state index in [-0.39, 0.29) is 10.9 Å². The Hall–Kier alpha value is -1.63. The summed E-state index contributed by atoms with van der Waals surface area (Å²) in [5.41, 5.74) is 0.863. The first kappa shape index (κ1) is 14.8. The molecule has 5 nitrogen and oxygen atoms in total. The second kappa shape index (κ2) is 6.21. The molecule has 2 rings (SSSR count). The van der Waals surface area contributed by atoms with E-state index >= 15 is 0 Å². The summed E-state index contributed by atoms with van der Waals surface area (Å²) in [6.45, 7) is 2.60. The van der Waals surface area contributed by atoms with Crippen molar-refractivity contribution in [2.45, 2.75) is 30.8 Å². The lowest BCUT2D eigenvalue weighted by atomic mass is 10.1. The van der Waals surface area contributed by atoms with E-state index in [1.807, 2.05) is 18.2 Å². The quantitative estimate of drug-likeness (QED) is 0.855. The van der Waals surface area contributed by atoms with Crippen LogP contribution in [0.1, 0.15) is 30.7 Å². The molecule has 2 aromatic rings. The number of rotatable bonds is 6. The summed E-state index contributed by atoms with van der Waals surface area (Å²) in [7, 11) is -3.66. The minimum atomic E-state index is -3.66. The zero-order valence-electron chi connectivity index (χ0n) is 11.2. The average molecular weight is 294 g/mol. The zero-order chi connectivity index (χ0) is 14.6. The molecular formula is C14H18N2O3S. The summed E-state index contributed by atoms with van der Waals surface area (Å²) in [6, 6.07) is 10.5. The molecule has 108 valence electrons. The standard InChI is InChI=1S/C14H18N2O3S/c1-2-13(14-7-4-8-19-14)16-10-11-5-3-6-12(9-11)20(15,17)18/h3-9,13,16H,2,10H2,1H3,(H2,15,17,18). The molecule has 3 N–H and O–H groups in total. The molecule has 1 aromatic carbocycles. The van der Waals surface area contributed by atoms with Gasteiger partial charge in [0.1, 0.15) is 5.76 Å². The maximum Gasteiger partial charge on any atom is 0.238 e. The maximum atomic E-state index is 11.3. The number of furan rings is 1. The smallest absolute Gasteiger partial charge is 0.238 e. The number of primary sulfonamides is 1. The fraction of sp³-hybridized carbons (Fsp3) is 0.286. The van der Waals surface area contributed by atoms with Crippen molar-refractivity contribution in [2.75, 3.05) is 0 Å². The van der Waals surface area contributed by atoms with Crippen molar-refractivity contribution in [3.05, 3.63) is 54.0 Å². The first-order valence-electron chi connectivity index (χ1n) is 6.39. The van der Waals surface area contributed by atoms with Crippen molar-refractivity contribution in [3.63, 3.8) is 0 Å². The van der Waals surface area contributed by atoms with Crippen molar-refractivity contribution >= 4 is 10.0 Å². The van der Waals surface area contributed by atoms with Crippen LogP contribution in [0.2, 0.25) is 0 Å². The highest BCUT2D eigenvalue weighted by molar-refractivity contribution is 7.89. The van der Waals surface area contributed by atoms with Gasteiger partial charge in [-0.25, -0.2) is 13.6 Å². The summed E-state index contributed by atoms with van der Waals surface area (Å²) in [4.78, 5) is 0.128. The predicted molar refractivity (Wildman–Crippen MR) is 76.4 cm³/mol. The molecule has 6 heteroatoms. The molecule has 0 fully saturated rings. The molecule has 0 amide bonds. The molecule has 20 heavy (non-hydrogen) atoms. The number of hydrogen-bond acceptors (Lipinski definition) is 4. The topological polar surface area (TPSA) is 85.3 Å². The Kier molecular flexibility index (Phi) is 4.59. The summed E-state index contributed by atoms with van der Waals surface area (Å²) >= 11 is 0. The Morgan fingerprint density at radius 2 is 2.10 bits per heavy atom. The van der Waals surface area contributed by atoms with E-state index in [4.69, 9.17) is 9.56 Å². The molecule has 1 aromatic heterocycles. The lowest BCUT2D eigenvalue weighted by Crippen LogP contribution is -2.20. The van der Waals surface area contributed by atoms with Gasteiger partial charge in [0, 0.05) is 6.54 Å². The molecule has 0 aliphatic carbocycles. The van der Waals surface area contributed by atoms with Crippen molar-refractivity contribution in [1.29, 1.82) is 0 Å². The Morgan fingerprint density at radius 3 is 2.70 bits per heavy atom. The number of benzene rings is 1. The highest BCUT2D eigenvalue weighted by Gasteiger charge is 2.12. The molecule has 0 bridgehead atoms. The Balaban J connectivity index is 2.07. The normalized spacial score (nSPS) is 13.3. The van der Waals surface area contributed by atoms with Gasteiger partial charge in [-0.05, 0) is 36.2 Å². The third kappa shape index (κ3) is 3.69. The predicted octanol–water partition coefficient (Wildman–Crippen LogP) is 2.17. The lowest BCUT2D eigenvalue weighted by molar-refractivity contribution is 0.403. The van der Waals surface area contributed by atoms with Crippen LogP contribution in [0.5, 0.6) is 0 Å². The maximum absolute atomic E-state index is 11.3. The molecule has 0 saturated heterocycles. The average Bonchev–Trinajstić information content (AvgIpc) is 2.93. The van der Waals surface area contributed by atoms with Crippen LogP contribution in [0.3, 0.4) is 0 Å². The molecule has 0 aliphatic heterocycles. The van der Waals surface area contributed by atoms with Gasteiger partial charge in [-0.1, -0.05) is 19.1 Å². The minimum absolute atomic E-state index is 0.100. The summed E-state index contributed by atoms with van der Waals surface area (Å²) in [5, 5.41) is 8.46. The van der Waals surface area contributed by atoms with Crippen LogP contribution in [0.25, 0.3) is 0 Å². The SMILES string of the molecule is CCC(NCc1cccc(S(N)(=O)=O)c1)c1ccco1.